The number of ether oxygens (including phenoxy) is 2. The summed E-state index contributed by atoms with van der Waals surface area (Å²) in [4.78, 5) is 4.14. The highest BCUT2D eigenvalue weighted by Crippen LogP contribution is 2.36. The highest BCUT2D eigenvalue weighted by molar-refractivity contribution is 7.91. The van der Waals surface area contributed by atoms with Gasteiger partial charge in [0.25, 0.3) is 0 Å². The van der Waals surface area contributed by atoms with E-state index in [0.29, 0.717) is 36.1 Å². The Morgan fingerprint density at radius 2 is 2.08 bits per heavy atom. The summed E-state index contributed by atoms with van der Waals surface area (Å²) < 4.78 is 34.6. The Labute approximate surface area is 152 Å². The van der Waals surface area contributed by atoms with E-state index in [2.05, 4.69) is 11.6 Å². The van der Waals surface area contributed by atoms with Gasteiger partial charge in [-0.3, -0.25) is 0 Å². The fourth-order valence-electron chi connectivity index (χ4n) is 2.93. The molecule has 1 aliphatic carbocycles. The van der Waals surface area contributed by atoms with E-state index in [9.17, 15) is 8.42 Å². The second-order valence-corrected chi connectivity index (χ2v) is 8.90. The Morgan fingerprint density at radius 3 is 2.72 bits per heavy atom. The number of rotatable bonds is 6. The number of fused-ring (bicyclic) bond motifs is 1. The van der Waals surface area contributed by atoms with Gasteiger partial charge in [-0.15, -0.1) is 0 Å². The van der Waals surface area contributed by atoms with E-state index in [-0.39, 0.29) is 11.4 Å². The minimum absolute atomic E-state index is 0.112. The molecule has 0 N–H and O–H groups in total. The normalized spacial score (nSPS) is 20.1. The molecule has 1 aliphatic rings. The maximum Gasteiger partial charge on any atom is 0.150 e. The molecule has 0 amide bonds. The van der Waals surface area contributed by atoms with Crippen LogP contribution < -0.4 is 4.74 Å². The number of sulfone groups is 1. The van der Waals surface area contributed by atoms with Crippen molar-refractivity contribution in [2.75, 3.05) is 12.9 Å². The molecule has 1 aromatic heterocycles. The predicted molar refractivity (Wildman–Crippen MR) is 99.7 cm³/mol. The van der Waals surface area contributed by atoms with Gasteiger partial charge in [-0.05, 0) is 25.1 Å². The van der Waals surface area contributed by atoms with Crippen molar-refractivity contribution in [2.45, 2.75) is 31.1 Å². The largest absolute Gasteiger partial charge is 0.494 e. The SMILES string of the molecule is C=C(OCC)c1ccc(OC2CC(S(C)(=O)=O)C2)c2cnc(Cl)cc12. The Bertz CT molecular complexity index is 920. The third-order valence-corrected chi connectivity index (χ3v) is 6.20. The monoisotopic (exact) mass is 381 g/mol. The lowest BCUT2D eigenvalue weighted by atomic mass is 9.95. The van der Waals surface area contributed by atoms with Gasteiger partial charge in [0, 0.05) is 41.6 Å². The summed E-state index contributed by atoms with van der Waals surface area (Å²) in [6.07, 6.45) is 3.83. The fraction of sp³-hybridized carbons (Fsp3) is 0.389. The summed E-state index contributed by atoms with van der Waals surface area (Å²) >= 11 is 6.05. The molecule has 0 radical (unpaired) electrons. The number of aromatic nitrogens is 1. The van der Waals surface area contributed by atoms with Crippen LogP contribution in [0.1, 0.15) is 25.3 Å². The Balaban J connectivity index is 1.90. The van der Waals surface area contributed by atoms with E-state index in [1.54, 1.807) is 12.3 Å². The first-order valence-corrected chi connectivity index (χ1v) is 10.4. The van der Waals surface area contributed by atoms with E-state index in [1.807, 2.05) is 19.1 Å². The van der Waals surface area contributed by atoms with Crippen molar-refractivity contribution in [3.05, 3.63) is 41.7 Å². The highest BCUT2D eigenvalue weighted by Gasteiger charge is 2.38. The molecule has 7 heteroatoms. The van der Waals surface area contributed by atoms with Crippen molar-refractivity contribution in [1.29, 1.82) is 0 Å². The molecule has 0 bridgehead atoms. The summed E-state index contributed by atoms with van der Waals surface area (Å²) in [6, 6.07) is 5.47. The van der Waals surface area contributed by atoms with Gasteiger partial charge in [0.2, 0.25) is 0 Å². The maximum atomic E-state index is 11.5. The van der Waals surface area contributed by atoms with Crippen molar-refractivity contribution < 1.29 is 17.9 Å². The van der Waals surface area contributed by atoms with Crippen LogP contribution in [-0.2, 0) is 14.6 Å². The molecule has 5 nitrogen and oxygen atoms in total. The topological polar surface area (TPSA) is 65.5 Å². The number of halogens is 1. The number of pyridine rings is 1. The van der Waals surface area contributed by atoms with Gasteiger partial charge in [-0.25, -0.2) is 13.4 Å². The van der Waals surface area contributed by atoms with Gasteiger partial charge in [-0.2, -0.15) is 0 Å². The van der Waals surface area contributed by atoms with Crippen LogP contribution in [0.2, 0.25) is 5.15 Å². The Morgan fingerprint density at radius 1 is 1.36 bits per heavy atom. The third kappa shape index (κ3) is 3.75. The lowest BCUT2D eigenvalue weighted by Gasteiger charge is -2.34. The minimum atomic E-state index is -3.00. The lowest BCUT2D eigenvalue weighted by molar-refractivity contribution is 0.125. The Kier molecular flexibility index (Phi) is 4.93. The Hall–Kier alpha value is -1.79. The van der Waals surface area contributed by atoms with Crippen LogP contribution >= 0.6 is 11.6 Å². The first-order chi connectivity index (χ1) is 11.8. The van der Waals surface area contributed by atoms with Crippen LogP contribution in [-0.4, -0.2) is 37.6 Å². The van der Waals surface area contributed by atoms with Crippen molar-refractivity contribution >= 4 is 38.0 Å². The average Bonchev–Trinajstić information content (AvgIpc) is 2.48. The zero-order valence-corrected chi connectivity index (χ0v) is 15.7. The van der Waals surface area contributed by atoms with E-state index >= 15 is 0 Å². The molecule has 1 heterocycles. The molecule has 0 unspecified atom stereocenters. The molecule has 25 heavy (non-hydrogen) atoms. The summed E-state index contributed by atoms with van der Waals surface area (Å²) in [5.74, 6) is 1.21. The number of hydrogen-bond acceptors (Lipinski definition) is 5. The van der Waals surface area contributed by atoms with Gasteiger partial charge in [0.1, 0.15) is 22.8 Å². The minimum Gasteiger partial charge on any atom is -0.494 e. The van der Waals surface area contributed by atoms with Crippen LogP contribution in [0.3, 0.4) is 0 Å². The first-order valence-electron chi connectivity index (χ1n) is 8.05. The third-order valence-electron chi connectivity index (χ3n) is 4.40. The summed E-state index contributed by atoms with van der Waals surface area (Å²) in [7, 11) is -3.00. The molecule has 0 atom stereocenters. The molecule has 0 spiro atoms. The quantitative estimate of drug-likeness (QED) is 0.561. The molecular formula is C18H20ClNO4S. The lowest BCUT2D eigenvalue weighted by Crippen LogP contribution is -2.42. The maximum absolute atomic E-state index is 11.5. The summed E-state index contributed by atoms with van der Waals surface area (Å²) in [6.45, 7) is 6.37. The van der Waals surface area contributed by atoms with Gasteiger partial charge < -0.3 is 9.47 Å². The van der Waals surface area contributed by atoms with Crippen molar-refractivity contribution in [3.8, 4) is 5.75 Å². The second-order valence-electron chi connectivity index (χ2n) is 6.18. The molecule has 134 valence electrons. The first kappa shape index (κ1) is 18.0. The molecule has 1 saturated carbocycles. The van der Waals surface area contributed by atoms with Crippen LogP contribution in [0.25, 0.3) is 16.5 Å². The van der Waals surface area contributed by atoms with Gasteiger partial charge in [-0.1, -0.05) is 18.2 Å². The number of benzene rings is 1. The van der Waals surface area contributed by atoms with Crippen LogP contribution in [0.5, 0.6) is 5.75 Å². The van der Waals surface area contributed by atoms with Crippen LogP contribution in [0, 0.1) is 0 Å². The van der Waals surface area contributed by atoms with Crippen molar-refractivity contribution in [1.82, 2.24) is 4.98 Å². The van der Waals surface area contributed by atoms with Crippen LogP contribution in [0.4, 0.5) is 0 Å². The van der Waals surface area contributed by atoms with Crippen molar-refractivity contribution in [2.24, 2.45) is 0 Å². The van der Waals surface area contributed by atoms with E-state index < -0.39 is 9.84 Å². The molecule has 1 fully saturated rings. The zero-order chi connectivity index (χ0) is 18.2. The number of hydrogen-bond donors (Lipinski definition) is 0. The predicted octanol–water partition coefficient (Wildman–Crippen LogP) is 3.85. The molecule has 3 rings (SSSR count). The fourth-order valence-corrected chi connectivity index (χ4v) is 4.21. The molecule has 2 aromatic rings. The zero-order valence-electron chi connectivity index (χ0n) is 14.2. The van der Waals surface area contributed by atoms with Gasteiger partial charge in [0.15, 0.2) is 9.84 Å². The summed E-state index contributed by atoms with van der Waals surface area (Å²) in [5.41, 5.74) is 0.830. The molecule has 1 aromatic carbocycles. The highest BCUT2D eigenvalue weighted by atomic mass is 35.5. The second kappa shape index (κ2) is 6.84. The van der Waals surface area contributed by atoms with E-state index in [4.69, 9.17) is 21.1 Å². The van der Waals surface area contributed by atoms with Crippen LogP contribution in [0.15, 0.2) is 31.0 Å². The molecular weight excluding hydrogens is 362 g/mol. The van der Waals surface area contributed by atoms with E-state index in [0.717, 1.165) is 16.3 Å². The average molecular weight is 382 g/mol. The smallest absolute Gasteiger partial charge is 0.150 e. The standard InChI is InChI=1S/C18H20ClNO4S/c1-4-23-11(2)14-5-6-17(16-10-20-18(19)9-15(14)16)24-12-7-13(8-12)25(3,21)22/h5-6,9-10,12-13H,2,4,7-8H2,1,3H3. The summed E-state index contributed by atoms with van der Waals surface area (Å²) in [5, 5.41) is 1.70. The van der Waals surface area contributed by atoms with Gasteiger partial charge in [0.05, 0.1) is 11.9 Å². The number of nitrogens with zero attached hydrogens (tertiary/aromatic N) is 1. The molecule has 0 saturated heterocycles. The van der Waals surface area contributed by atoms with E-state index in [1.165, 1.54) is 6.26 Å². The van der Waals surface area contributed by atoms with Crippen molar-refractivity contribution in [3.63, 3.8) is 0 Å². The van der Waals surface area contributed by atoms with Gasteiger partial charge >= 0.3 is 0 Å². The molecule has 0 aliphatic heterocycles.